The smallest absolute Gasteiger partial charge is 0.338 e. The summed E-state index contributed by atoms with van der Waals surface area (Å²) in [6.45, 7) is -0.497. The van der Waals surface area contributed by atoms with Crippen LogP contribution in [0.25, 0.3) is 0 Å². The molecule has 0 aliphatic heterocycles. The second kappa shape index (κ2) is 6.44. The molecule has 0 aromatic carbocycles. The summed E-state index contributed by atoms with van der Waals surface area (Å²) in [7, 11) is 1.11. The summed E-state index contributed by atoms with van der Waals surface area (Å²) in [5.74, 6) is -1.91. The predicted molar refractivity (Wildman–Crippen MR) is 69.1 cm³/mol. The van der Waals surface area contributed by atoms with Crippen LogP contribution in [0.3, 0.4) is 0 Å². The van der Waals surface area contributed by atoms with Gasteiger partial charge < -0.3 is 15.2 Å². The number of carbonyl (C=O) groups is 2. The van der Waals surface area contributed by atoms with Gasteiger partial charge in [-0.1, -0.05) is 57.4 Å². The van der Waals surface area contributed by atoms with Gasteiger partial charge in [0.1, 0.15) is 6.61 Å². The van der Waals surface area contributed by atoms with Crippen LogP contribution in [0.15, 0.2) is 0 Å². The van der Waals surface area contributed by atoms with E-state index in [-0.39, 0.29) is 4.43 Å². The standard InChI is InChI=1S/C7H9Cl3INO4/c1-15-4(13)6(12,2-11)5(14)16-3-7(8,9)10/h2-3,12H2,1H3. The molecule has 0 saturated carbocycles. The van der Waals surface area contributed by atoms with Crippen LogP contribution < -0.4 is 5.73 Å². The van der Waals surface area contributed by atoms with E-state index >= 15 is 0 Å². The second-order valence-electron chi connectivity index (χ2n) is 2.79. The van der Waals surface area contributed by atoms with Gasteiger partial charge in [0.2, 0.25) is 9.33 Å². The normalized spacial score (nSPS) is 15.1. The van der Waals surface area contributed by atoms with Crippen LogP contribution in [0.2, 0.25) is 0 Å². The molecule has 2 N–H and O–H groups in total. The topological polar surface area (TPSA) is 78.6 Å². The van der Waals surface area contributed by atoms with Crippen LogP contribution in [0.1, 0.15) is 0 Å². The summed E-state index contributed by atoms with van der Waals surface area (Å²) in [5.41, 5.74) is 3.65. The van der Waals surface area contributed by atoms with Crippen LogP contribution in [0, 0.1) is 0 Å². The zero-order chi connectivity index (χ0) is 13.0. The number of hydrogen-bond donors (Lipinski definition) is 1. The van der Waals surface area contributed by atoms with E-state index in [1.807, 2.05) is 0 Å². The van der Waals surface area contributed by atoms with Crippen molar-refractivity contribution in [3.05, 3.63) is 0 Å². The van der Waals surface area contributed by atoms with Crippen LogP contribution in [-0.4, -0.2) is 39.4 Å². The molecule has 16 heavy (non-hydrogen) atoms. The minimum atomic E-state index is -1.88. The Bertz CT molecular complexity index is 283. The van der Waals surface area contributed by atoms with Gasteiger partial charge in [-0.3, -0.25) is 0 Å². The van der Waals surface area contributed by atoms with Gasteiger partial charge in [-0.05, 0) is 0 Å². The minimum Gasteiger partial charge on any atom is -0.467 e. The highest BCUT2D eigenvalue weighted by molar-refractivity contribution is 14.1. The highest BCUT2D eigenvalue weighted by Crippen LogP contribution is 2.26. The van der Waals surface area contributed by atoms with Gasteiger partial charge in [0, 0.05) is 4.43 Å². The van der Waals surface area contributed by atoms with Gasteiger partial charge in [-0.15, -0.1) is 0 Å². The Morgan fingerprint density at radius 3 is 2.12 bits per heavy atom. The Labute approximate surface area is 121 Å². The highest BCUT2D eigenvalue weighted by Gasteiger charge is 2.44. The monoisotopic (exact) mass is 403 g/mol. The molecular weight excluding hydrogens is 395 g/mol. The molecule has 0 aromatic rings. The fraction of sp³-hybridized carbons (Fsp3) is 0.714. The molecule has 0 aliphatic carbocycles. The van der Waals surface area contributed by atoms with Gasteiger partial charge in [0.05, 0.1) is 7.11 Å². The van der Waals surface area contributed by atoms with Gasteiger partial charge in [-0.2, -0.15) is 0 Å². The lowest BCUT2D eigenvalue weighted by Crippen LogP contribution is -2.58. The first-order valence-corrected chi connectivity index (χ1v) is 6.50. The van der Waals surface area contributed by atoms with Crippen molar-refractivity contribution in [2.75, 3.05) is 18.1 Å². The van der Waals surface area contributed by atoms with Crippen molar-refractivity contribution < 1.29 is 19.1 Å². The van der Waals surface area contributed by atoms with E-state index in [1.165, 1.54) is 0 Å². The number of esters is 2. The summed E-state index contributed by atoms with van der Waals surface area (Å²) in [4.78, 5) is 22.8. The van der Waals surface area contributed by atoms with Crippen LogP contribution >= 0.6 is 57.4 Å². The molecule has 0 radical (unpaired) electrons. The van der Waals surface area contributed by atoms with Crippen LogP contribution in [0.5, 0.6) is 0 Å². The Kier molecular flexibility index (Phi) is 6.64. The van der Waals surface area contributed by atoms with Gasteiger partial charge in [0.25, 0.3) is 0 Å². The molecule has 0 aromatic heterocycles. The van der Waals surface area contributed by atoms with E-state index in [9.17, 15) is 9.59 Å². The van der Waals surface area contributed by atoms with E-state index in [2.05, 4.69) is 9.47 Å². The molecule has 0 spiro atoms. The lowest BCUT2D eigenvalue weighted by atomic mass is 10.1. The SMILES string of the molecule is COC(=O)C(N)(CI)C(=O)OCC(Cl)(Cl)Cl. The van der Waals surface area contributed by atoms with Crippen LogP contribution in [0.4, 0.5) is 0 Å². The number of ether oxygens (including phenoxy) is 2. The number of halogens is 4. The Hall–Kier alpha value is 0.500. The third-order valence-electron chi connectivity index (χ3n) is 1.49. The first-order valence-electron chi connectivity index (χ1n) is 3.84. The Balaban J connectivity index is 4.61. The van der Waals surface area contributed by atoms with E-state index in [1.54, 1.807) is 22.6 Å². The Morgan fingerprint density at radius 1 is 1.31 bits per heavy atom. The number of methoxy groups -OCH3 is 1. The molecule has 94 valence electrons. The third-order valence-corrected chi connectivity index (χ3v) is 3.02. The molecule has 1 atom stereocenters. The van der Waals surface area contributed by atoms with Gasteiger partial charge in [0.15, 0.2) is 0 Å². The van der Waals surface area contributed by atoms with E-state index < -0.39 is 27.9 Å². The van der Waals surface area contributed by atoms with Crippen molar-refractivity contribution in [1.82, 2.24) is 0 Å². The minimum absolute atomic E-state index is 0.0177. The zero-order valence-electron chi connectivity index (χ0n) is 8.14. The molecule has 0 amide bonds. The van der Waals surface area contributed by atoms with Crippen molar-refractivity contribution >= 4 is 69.3 Å². The fourth-order valence-electron chi connectivity index (χ4n) is 0.651. The quantitative estimate of drug-likeness (QED) is 0.330. The largest absolute Gasteiger partial charge is 0.467 e. The molecular formula is C7H9Cl3INO4. The molecule has 0 rings (SSSR count). The lowest BCUT2D eigenvalue weighted by Gasteiger charge is -2.23. The predicted octanol–water partition coefficient (Wildman–Crippen LogP) is 1.21. The van der Waals surface area contributed by atoms with Crippen molar-refractivity contribution in [2.45, 2.75) is 9.33 Å². The highest BCUT2D eigenvalue weighted by atomic mass is 127. The Morgan fingerprint density at radius 2 is 1.81 bits per heavy atom. The average Bonchev–Trinajstić information content (AvgIpc) is 2.22. The summed E-state index contributed by atoms with van der Waals surface area (Å²) in [6, 6.07) is 0. The van der Waals surface area contributed by atoms with E-state index in [0.717, 1.165) is 7.11 Å². The average molecular weight is 404 g/mol. The van der Waals surface area contributed by atoms with Crippen molar-refractivity contribution in [1.29, 1.82) is 0 Å². The molecule has 9 heteroatoms. The summed E-state index contributed by atoms with van der Waals surface area (Å²) in [6.07, 6.45) is 0. The number of carbonyl (C=O) groups excluding carboxylic acids is 2. The number of alkyl halides is 4. The number of nitrogens with two attached hydrogens (primary N) is 1. The van der Waals surface area contributed by atoms with Gasteiger partial charge in [-0.25, -0.2) is 9.59 Å². The second-order valence-corrected chi connectivity index (χ2v) is 6.07. The molecule has 0 saturated heterocycles. The number of rotatable bonds is 4. The molecule has 0 heterocycles. The van der Waals surface area contributed by atoms with Crippen LogP contribution in [-0.2, 0) is 19.1 Å². The number of hydrogen-bond acceptors (Lipinski definition) is 5. The molecule has 0 bridgehead atoms. The van der Waals surface area contributed by atoms with E-state index in [4.69, 9.17) is 40.5 Å². The van der Waals surface area contributed by atoms with Gasteiger partial charge >= 0.3 is 11.9 Å². The summed E-state index contributed by atoms with van der Waals surface area (Å²) in [5, 5.41) is 0. The third kappa shape index (κ3) is 4.79. The fourth-order valence-corrected chi connectivity index (χ4v) is 1.44. The molecule has 1 unspecified atom stereocenters. The van der Waals surface area contributed by atoms with Crippen molar-refractivity contribution in [3.8, 4) is 0 Å². The van der Waals surface area contributed by atoms with E-state index in [0.29, 0.717) is 0 Å². The summed E-state index contributed by atoms with van der Waals surface area (Å²) < 4.78 is 7.24. The van der Waals surface area contributed by atoms with Crippen molar-refractivity contribution in [3.63, 3.8) is 0 Å². The first kappa shape index (κ1) is 16.5. The zero-order valence-corrected chi connectivity index (χ0v) is 12.6. The molecule has 5 nitrogen and oxygen atoms in total. The molecule has 0 fully saturated rings. The van der Waals surface area contributed by atoms with Crippen molar-refractivity contribution in [2.24, 2.45) is 5.73 Å². The first-order chi connectivity index (χ1) is 7.17. The lowest BCUT2D eigenvalue weighted by molar-refractivity contribution is -0.161. The molecule has 0 aliphatic rings. The maximum Gasteiger partial charge on any atom is 0.338 e. The maximum atomic E-state index is 11.5. The maximum absolute atomic E-state index is 11.5. The summed E-state index contributed by atoms with van der Waals surface area (Å²) >= 11 is 17.9.